The van der Waals surface area contributed by atoms with Gasteiger partial charge in [0.2, 0.25) is 0 Å². The molecule has 0 rings (SSSR count). The van der Waals surface area contributed by atoms with Crippen LogP contribution in [0.4, 0.5) is 0 Å². The number of carbonyl (C=O) groups excluding carboxylic acids is 3. The van der Waals surface area contributed by atoms with Crippen LogP contribution in [0.15, 0.2) is 48.6 Å². The summed E-state index contributed by atoms with van der Waals surface area (Å²) >= 11 is 0. The van der Waals surface area contributed by atoms with Crippen molar-refractivity contribution in [3.63, 3.8) is 0 Å². The monoisotopic (exact) mass is 799 g/mol. The summed E-state index contributed by atoms with van der Waals surface area (Å²) in [6, 6.07) is 0. The van der Waals surface area contributed by atoms with Gasteiger partial charge in [0.15, 0.2) is 6.10 Å². The van der Waals surface area contributed by atoms with E-state index >= 15 is 0 Å². The first-order valence-corrected chi connectivity index (χ1v) is 24.1. The molecule has 0 aliphatic rings. The zero-order valence-electron chi connectivity index (χ0n) is 37.6. The lowest BCUT2D eigenvalue weighted by Crippen LogP contribution is -2.30. The van der Waals surface area contributed by atoms with Gasteiger partial charge in [0.1, 0.15) is 13.2 Å². The third kappa shape index (κ3) is 44.3. The molecule has 0 aliphatic carbocycles. The summed E-state index contributed by atoms with van der Waals surface area (Å²) in [4.78, 5) is 37.8. The van der Waals surface area contributed by atoms with Crippen LogP contribution in [0, 0.1) is 0 Å². The molecule has 6 nitrogen and oxygen atoms in total. The van der Waals surface area contributed by atoms with E-state index in [1.165, 1.54) is 109 Å². The Morgan fingerprint density at radius 3 is 1.12 bits per heavy atom. The molecule has 6 heteroatoms. The molecule has 0 heterocycles. The molecule has 1 unspecified atom stereocenters. The van der Waals surface area contributed by atoms with Crippen molar-refractivity contribution in [3.8, 4) is 0 Å². The zero-order chi connectivity index (χ0) is 41.5. The maximum absolute atomic E-state index is 12.7. The van der Waals surface area contributed by atoms with Gasteiger partial charge in [-0.2, -0.15) is 0 Å². The van der Waals surface area contributed by atoms with Crippen molar-refractivity contribution in [2.75, 3.05) is 13.2 Å². The van der Waals surface area contributed by atoms with Gasteiger partial charge in [-0.3, -0.25) is 14.4 Å². The Balaban J connectivity index is 4.44. The van der Waals surface area contributed by atoms with Crippen molar-refractivity contribution >= 4 is 17.9 Å². The minimum Gasteiger partial charge on any atom is -0.462 e. The minimum absolute atomic E-state index is 0.0982. The lowest BCUT2D eigenvalue weighted by molar-refractivity contribution is -0.166. The molecule has 0 aromatic carbocycles. The van der Waals surface area contributed by atoms with E-state index in [2.05, 4.69) is 63.3 Å². The summed E-state index contributed by atoms with van der Waals surface area (Å²) in [5.41, 5.74) is 0. The van der Waals surface area contributed by atoms with Crippen LogP contribution in [0.2, 0.25) is 0 Å². The zero-order valence-corrected chi connectivity index (χ0v) is 37.6. The van der Waals surface area contributed by atoms with Crippen LogP contribution in [-0.4, -0.2) is 37.2 Å². The Kier molecular flexibility index (Phi) is 43.9. The number of hydrogen-bond acceptors (Lipinski definition) is 6. The topological polar surface area (TPSA) is 78.9 Å². The van der Waals surface area contributed by atoms with E-state index in [0.717, 1.165) is 83.5 Å². The molecule has 1 atom stereocenters. The van der Waals surface area contributed by atoms with Gasteiger partial charge in [0, 0.05) is 19.3 Å². The van der Waals surface area contributed by atoms with Crippen LogP contribution < -0.4 is 0 Å². The van der Waals surface area contributed by atoms with Crippen molar-refractivity contribution in [3.05, 3.63) is 48.6 Å². The van der Waals surface area contributed by atoms with Crippen molar-refractivity contribution < 1.29 is 28.6 Å². The maximum atomic E-state index is 12.7. The molecule has 0 aromatic heterocycles. The molecule has 0 radical (unpaired) electrons. The number of rotatable bonds is 43. The summed E-state index contributed by atoms with van der Waals surface area (Å²) in [7, 11) is 0. The highest BCUT2D eigenvalue weighted by atomic mass is 16.6. The first kappa shape index (κ1) is 54.4. The Hall–Kier alpha value is -2.63. The molecule has 0 saturated carbocycles. The fourth-order valence-corrected chi connectivity index (χ4v) is 6.71. The van der Waals surface area contributed by atoms with Crippen LogP contribution in [0.5, 0.6) is 0 Å². The van der Waals surface area contributed by atoms with E-state index in [9.17, 15) is 14.4 Å². The van der Waals surface area contributed by atoms with Crippen molar-refractivity contribution in [2.45, 2.75) is 245 Å². The van der Waals surface area contributed by atoms with Crippen LogP contribution in [0.25, 0.3) is 0 Å². The van der Waals surface area contributed by atoms with Crippen LogP contribution in [0.1, 0.15) is 239 Å². The van der Waals surface area contributed by atoms with E-state index in [4.69, 9.17) is 14.2 Å². The smallest absolute Gasteiger partial charge is 0.306 e. The highest BCUT2D eigenvalue weighted by molar-refractivity contribution is 5.71. The predicted octanol–water partition coefficient (Wildman–Crippen LogP) is 15.5. The molecular weight excluding hydrogens is 709 g/mol. The van der Waals surface area contributed by atoms with E-state index < -0.39 is 6.10 Å². The number of unbranched alkanes of at least 4 members (excludes halogenated alkanes) is 24. The quantitative estimate of drug-likeness (QED) is 0.0265. The molecular formula is C51H90O6. The normalized spacial score (nSPS) is 12.4. The fraction of sp³-hybridized carbons (Fsp3) is 0.784. The summed E-state index contributed by atoms with van der Waals surface area (Å²) < 4.78 is 16.7. The number of allylic oxidation sites excluding steroid dienone is 8. The second-order valence-electron chi connectivity index (χ2n) is 16.0. The third-order valence-corrected chi connectivity index (χ3v) is 10.3. The third-order valence-electron chi connectivity index (χ3n) is 10.3. The minimum atomic E-state index is -0.804. The van der Waals surface area contributed by atoms with Crippen LogP contribution >= 0.6 is 0 Å². The van der Waals surface area contributed by atoms with Crippen molar-refractivity contribution in [1.29, 1.82) is 0 Å². The molecule has 0 N–H and O–H groups in total. The average Bonchev–Trinajstić information content (AvgIpc) is 3.21. The van der Waals surface area contributed by atoms with Gasteiger partial charge in [0.05, 0.1) is 0 Å². The standard InChI is InChI=1S/C51H90O6/c1-4-7-10-13-16-19-22-25-27-29-32-35-38-41-44-50(53)56-47-48(46-55-49(52)43-40-37-34-31-28-24-21-18-15-12-9-6-3)57-51(54)45-42-39-36-33-30-26-23-20-17-14-11-8-5-2/h9,12,18,21,26,30,36,39,48H,4-8,10-11,13-17,19-20,22-25,27-29,31-35,37-38,40-47H2,1-3H3/b12-9-,21-18-,30-26-,39-36-. The lowest BCUT2D eigenvalue weighted by atomic mass is 10.0. The molecule has 0 aliphatic heterocycles. The highest BCUT2D eigenvalue weighted by Crippen LogP contribution is 2.15. The molecule has 0 saturated heterocycles. The number of hydrogen-bond donors (Lipinski definition) is 0. The Labute approximate surface area is 352 Å². The summed E-state index contributed by atoms with van der Waals surface area (Å²) in [6.07, 6.45) is 53.9. The molecule has 0 aromatic rings. The first-order chi connectivity index (χ1) is 28.0. The maximum Gasteiger partial charge on any atom is 0.306 e. The van der Waals surface area contributed by atoms with E-state index in [0.29, 0.717) is 19.3 Å². The SMILES string of the molecule is CC/C=C\C/C=C\CCCCCCCC(=O)OCC(COC(=O)CCCCCCCCCCCCCCCC)OC(=O)CC/C=C\C/C=C\CCCCCCCC. The molecule has 57 heavy (non-hydrogen) atoms. The van der Waals surface area contributed by atoms with Crippen LogP contribution in [-0.2, 0) is 28.6 Å². The van der Waals surface area contributed by atoms with Gasteiger partial charge >= 0.3 is 17.9 Å². The van der Waals surface area contributed by atoms with E-state index in [1.807, 2.05) is 6.08 Å². The van der Waals surface area contributed by atoms with E-state index in [1.54, 1.807) is 0 Å². The predicted molar refractivity (Wildman–Crippen MR) is 242 cm³/mol. The van der Waals surface area contributed by atoms with Gasteiger partial charge in [-0.1, -0.05) is 204 Å². The molecule has 0 spiro atoms. The van der Waals surface area contributed by atoms with Crippen molar-refractivity contribution in [2.24, 2.45) is 0 Å². The van der Waals surface area contributed by atoms with Gasteiger partial charge < -0.3 is 14.2 Å². The van der Waals surface area contributed by atoms with Gasteiger partial charge in [0.25, 0.3) is 0 Å². The average molecular weight is 799 g/mol. The number of carbonyl (C=O) groups is 3. The molecule has 0 fully saturated rings. The molecule has 0 bridgehead atoms. The Morgan fingerprint density at radius 1 is 0.368 bits per heavy atom. The number of esters is 3. The fourth-order valence-electron chi connectivity index (χ4n) is 6.71. The van der Waals surface area contributed by atoms with Gasteiger partial charge in [-0.15, -0.1) is 0 Å². The Morgan fingerprint density at radius 2 is 0.719 bits per heavy atom. The highest BCUT2D eigenvalue weighted by Gasteiger charge is 2.19. The van der Waals surface area contributed by atoms with Gasteiger partial charge in [-0.05, 0) is 64.2 Å². The summed E-state index contributed by atoms with van der Waals surface area (Å²) in [6.45, 7) is 6.46. The van der Waals surface area contributed by atoms with E-state index in [-0.39, 0.29) is 37.5 Å². The second-order valence-corrected chi connectivity index (χ2v) is 16.0. The summed E-state index contributed by atoms with van der Waals surface area (Å²) in [5.74, 6) is -0.979. The number of ether oxygens (including phenoxy) is 3. The molecule has 0 amide bonds. The van der Waals surface area contributed by atoms with Crippen molar-refractivity contribution in [1.82, 2.24) is 0 Å². The van der Waals surface area contributed by atoms with Crippen LogP contribution in [0.3, 0.4) is 0 Å². The lowest BCUT2D eigenvalue weighted by Gasteiger charge is -2.18. The van der Waals surface area contributed by atoms with Gasteiger partial charge in [-0.25, -0.2) is 0 Å². The largest absolute Gasteiger partial charge is 0.462 e. The first-order valence-electron chi connectivity index (χ1n) is 24.1. The Bertz CT molecular complexity index is 1010. The summed E-state index contributed by atoms with van der Waals surface area (Å²) in [5, 5.41) is 0. The second kappa shape index (κ2) is 46.1. The molecule has 330 valence electrons.